The van der Waals surface area contributed by atoms with Crippen LogP contribution in [0, 0.1) is 5.92 Å². The van der Waals surface area contributed by atoms with Gasteiger partial charge in [-0.15, -0.1) is 0 Å². The molecule has 1 nitrogen and oxygen atoms in total. The van der Waals surface area contributed by atoms with Crippen LogP contribution in [0.4, 0.5) is 0 Å². The molecular weight excluding hydrogens is 217 g/mol. The summed E-state index contributed by atoms with van der Waals surface area (Å²) in [6, 6.07) is 5.62. The van der Waals surface area contributed by atoms with Gasteiger partial charge in [-0.1, -0.05) is 35.7 Å². The van der Waals surface area contributed by atoms with Crippen molar-refractivity contribution in [1.82, 2.24) is 0 Å². The van der Waals surface area contributed by atoms with Crippen LogP contribution in [-0.4, -0.2) is 0 Å². The summed E-state index contributed by atoms with van der Waals surface area (Å²) in [6.45, 7) is 0. The fourth-order valence-electron chi connectivity index (χ4n) is 1.82. The van der Waals surface area contributed by atoms with Gasteiger partial charge in [-0.05, 0) is 36.5 Å². The molecule has 3 heteroatoms. The van der Waals surface area contributed by atoms with Crippen LogP contribution in [0.25, 0.3) is 0 Å². The highest BCUT2D eigenvalue weighted by Crippen LogP contribution is 2.38. The first-order valence-electron chi connectivity index (χ1n) is 4.89. The zero-order valence-electron chi connectivity index (χ0n) is 7.84. The molecule has 2 N–H and O–H groups in total. The Labute approximate surface area is 94.2 Å². The van der Waals surface area contributed by atoms with Crippen molar-refractivity contribution in [3.05, 3.63) is 33.8 Å². The molecule has 76 valence electrons. The number of nitrogens with two attached hydrogens (primary N) is 1. The quantitative estimate of drug-likeness (QED) is 0.821. The van der Waals surface area contributed by atoms with Crippen LogP contribution in [0.1, 0.15) is 30.9 Å². The Bertz CT molecular complexity index is 334. The van der Waals surface area contributed by atoms with Crippen molar-refractivity contribution in [2.45, 2.75) is 25.3 Å². The maximum atomic E-state index is 6.12. The lowest BCUT2D eigenvalue weighted by Crippen LogP contribution is -2.27. The van der Waals surface area contributed by atoms with Gasteiger partial charge in [0.1, 0.15) is 0 Å². The molecule has 0 bridgehead atoms. The van der Waals surface area contributed by atoms with E-state index in [9.17, 15) is 0 Å². The Morgan fingerprint density at radius 3 is 2.50 bits per heavy atom. The molecule has 0 radical (unpaired) electrons. The van der Waals surface area contributed by atoms with Crippen LogP contribution in [0.2, 0.25) is 10.0 Å². The molecule has 1 unspecified atom stereocenters. The normalized spacial score (nSPS) is 19.1. The van der Waals surface area contributed by atoms with Gasteiger partial charge >= 0.3 is 0 Å². The zero-order valence-corrected chi connectivity index (χ0v) is 9.35. The van der Waals surface area contributed by atoms with Crippen molar-refractivity contribution >= 4 is 23.2 Å². The van der Waals surface area contributed by atoms with Crippen LogP contribution in [0.15, 0.2) is 18.2 Å². The minimum atomic E-state index is 0.0773. The lowest BCUT2D eigenvalue weighted by atomic mass is 9.77. The molecule has 0 amide bonds. The van der Waals surface area contributed by atoms with Gasteiger partial charge in [0.25, 0.3) is 0 Å². The van der Waals surface area contributed by atoms with Gasteiger partial charge in [-0.2, -0.15) is 0 Å². The summed E-state index contributed by atoms with van der Waals surface area (Å²) in [4.78, 5) is 0. The Kier molecular flexibility index (Phi) is 3.01. The highest BCUT2D eigenvalue weighted by atomic mass is 35.5. The first-order chi connectivity index (χ1) is 6.68. The molecule has 1 saturated carbocycles. The Morgan fingerprint density at radius 2 is 2.00 bits per heavy atom. The fraction of sp³-hybridized carbons (Fsp3) is 0.455. The summed E-state index contributed by atoms with van der Waals surface area (Å²) in [5.41, 5.74) is 7.15. The van der Waals surface area contributed by atoms with Crippen molar-refractivity contribution < 1.29 is 0 Å². The zero-order chi connectivity index (χ0) is 10.1. The van der Waals surface area contributed by atoms with Gasteiger partial charge in [-0.3, -0.25) is 0 Å². The van der Waals surface area contributed by atoms with Gasteiger partial charge in [0.05, 0.1) is 0 Å². The standard InChI is InChI=1S/C11H13Cl2N/c12-8-4-5-9(10(13)6-8)11(14)7-2-1-3-7/h4-7,11H,1-3,14H2. The molecule has 14 heavy (non-hydrogen) atoms. The summed E-state index contributed by atoms with van der Waals surface area (Å²) in [7, 11) is 0. The largest absolute Gasteiger partial charge is 0.324 e. The summed E-state index contributed by atoms with van der Waals surface area (Å²) in [5, 5.41) is 1.36. The van der Waals surface area contributed by atoms with Gasteiger partial charge in [0.2, 0.25) is 0 Å². The maximum Gasteiger partial charge on any atom is 0.0468 e. The molecule has 1 aromatic carbocycles. The first kappa shape index (κ1) is 10.3. The Balaban J connectivity index is 2.22. The first-order valence-corrected chi connectivity index (χ1v) is 5.64. The van der Waals surface area contributed by atoms with E-state index in [0.717, 1.165) is 5.56 Å². The second-order valence-electron chi connectivity index (χ2n) is 3.88. The van der Waals surface area contributed by atoms with E-state index in [1.54, 1.807) is 6.07 Å². The monoisotopic (exact) mass is 229 g/mol. The smallest absolute Gasteiger partial charge is 0.0468 e. The van der Waals surface area contributed by atoms with E-state index in [-0.39, 0.29) is 6.04 Å². The molecule has 1 atom stereocenters. The SMILES string of the molecule is NC(c1ccc(Cl)cc1Cl)C1CCC1. The molecule has 0 aromatic heterocycles. The molecule has 1 aliphatic rings. The minimum Gasteiger partial charge on any atom is -0.324 e. The predicted octanol–water partition coefficient (Wildman–Crippen LogP) is 3.79. The van der Waals surface area contributed by atoms with Crippen molar-refractivity contribution in [3.63, 3.8) is 0 Å². The molecule has 0 heterocycles. The second-order valence-corrected chi connectivity index (χ2v) is 4.73. The average Bonchev–Trinajstić information content (AvgIpc) is 2.00. The summed E-state index contributed by atoms with van der Waals surface area (Å²) >= 11 is 11.9. The van der Waals surface area contributed by atoms with E-state index in [0.29, 0.717) is 16.0 Å². The molecule has 0 saturated heterocycles. The number of benzene rings is 1. The molecule has 1 aromatic rings. The van der Waals surface area contributed by atoms with E-state index in [4.69, 9.17) is 28.9 Å². The van der Waals surface area contributed by atoms with Crippen LogP contribution >= 0.6 is 23.2 Å². The average molecular weight is 230 g/mol. The third-order valence-corrected chi connectivity index (χ3v) is 3.54. The third kappa shape index (κ3) is 1.90. The Hall–Kier alpha value is -0.240. The minimum absolute atomic E-state index is 0.0773. The summed E-state index contributed by atoms with van der Waals surface area (Å²) in [6.07, 6.45) is 3.74. The van der Waals surface area contributed by atoms with Crippen molar-refractivity contribution in [3.8, 4) is 0 Å². The highest BCUT2D eigenvalue weighted by molar-refractivity contribution is 6.35. The van der Waals surface area contributed by atoms with Gasteiger partial charge in [0.15, 0.2) is 0 Å². The number of hydrogen-bond donors (Lipinski definition) is 1. The van der Waals surface area contributed by atoms with E-state index >= 15 is 0 Å². The lowest BCUT2D eigenvalue weighted by Gasteiger charge is -2.31. The molecule has 0 spiro atoms. The van der Waals surface area contributed by atoms with Crippen LogP contribution in [-0.2, 0) is 0 Å². The maximum absolute atomic E-state index is 6.12. The molecule has 1 fully saturated rings. The van der Waals surface area contributed by atoms with Crippen molar-refractivity contribution in [1.29, 1.82) is 0 Å². The highest BCUT2D eigenvalue weighted by Gasteiger charge is 2.26. The van der Waals surface area contributed by atoms with E-state index < -0.39 is 0 Å². The third-order valence-electron chi connectivity index (χ3n) is 2.98. The summed E-state index contributed by atoms with van der Waals surface area (Å²) in [5.74, 6) is 0.605. The second kappa shape index (κ2) is 4.09. The molecule has 1 aliphatic carbocycles. The number of hydrogen-bond acceptors (Lipinski definition) is 1. The predicted molar refractivity (Wildman–Crippen MR) is 60.7 cm³/mol. The Morgan fingerprint density at radius 1 is 1.29 bits per heavy atom. The van der Waals surface area contributed by atoms with E-state index in [2.05, 4.69) is 0 Å². The van der Waals surface area contributed by atoms with Crippen LogP contribution in [0.3, 0.4) is 0 Å². The summed E-state index contributed by atoms with van der Waals surface area (Å²) < 4.78 is 0. The topological polar surface area (TPSA) is 26.0 Å². The van der Waals surface area contributed by atoms with Crippen molar-refractivity contribution in [2.24, 2.45) is 11.7 Å². The van der Waals surface area contributed by atoms with Crippen LogP contribution < -0.4 is 5.73 Å². The molecular formula is C11H13Cl2N. The van der Waals surface area contributed by atoms with Gasteiger partial charge < -0.3 is 5.73 Å². The van der Waals surface area contributed by atoms with Crippen LogP contribution in [0.5, 0.6) is 0 Å². The lowest BCUT2D eigenvalue weighted by molar-refractivity contribution is 0.264. The van der Waals surface area contributed by atoms with Gasteiger partial charge in [-0.25, -0.2) is 0 Å². The van der Waals surface area contributed by atoms with E-state index in [1.807, 2.05) is 12.1 Å². The van der Waals surface area contributed by atoms with Crippen molar-refractivity contribution in [2.75, 3.05) is 0 Å². The van der Waals surface area contributed by atoms with Gasteiger partial charge in [0, 0.05) is 16.1 Å². The molecule has 0 aliphatic heterocycles. The van der Waals surface area contributed by atoms with E-state index in [1.165, 1.54) is 19.3 Å². The molecule has 2 rings (SSSR count). The number of rotatable bonds is 2. The fourth-order valence-corrected chi connectivity index (χ4v) is 2.36. The number of halogens is 2.